The third-order valence-corrected chi connectivity index (χ3v) is 9.87. The molecule has 0 unspecified atom stereocenters. The number of aliphatic hydroxyl groups excluding tert-OH is 1. The molecule has 1 aliphatic heterocycles. The van der Waals surface area contributed by atoms with Crippen LogP contribution in [0.3, 0.4) is 0 Å². The lowest BCUT2D eigenvalue weighted by Gasteiger charge is -2.16. The Balaban J connectivity index is 1.23. The van der Waals surface area contributed by atoms with E-state index in [-0.39, 0.29) is 66.6 Å². The van der Waals surface area contributed by atoms with Crippen molar-refractivity contribution >= 4 is 40.7 Å². The van der Waals surface area contributed by atoms with Crippen molar-refractivity contribution in [2.24, 2.45) is 0 Å². The first kappa shape index (κ1) is 37.8. The number of aromatic nitrogens is 3. The number of nitrogens with zero attached hydrogens (tertiary/aromatic N) is 3. The smallest absolute Gasteiger partial charge is 0.262 e. The summed E-state index contributed by atoms with van der Waals surface area (Å²) in [5.41, 5.74) is 4.19. The number of ether oxygens (including phenoxy) is 1. The number of rotatable bonds is 14. The molecule has 6 rings (SSSR count). The van der Waals surface area contributed by atoms with Gasteiger partial charge in [-0.05, 0) is 24.1 Å². The molecular weight excluding hydrogens is 724 g/mol. The van der Waals surface area contributed by atoms with E-state index in [2.05, 4.69) is 31.2 Å². The van der Waals surface area contributed by atoms with Crippen molar-refractivity contribution in [2.75, 3.05) is 27.2 Å². The number of halogens is 3. The number of hydrogen-bond acceptors (Lipinski definition) is 9. The van der Waals surface area contributed by atoms with Crippen molar-refractivity contribution in [1.82, 2.24) is 35.6 Å². The molecule has 276 valence electrons. The molecule has 0 bridgehead atoms. The van der Waals surface area contributed by atoms with Gasteiger partial charge >= 0.3 is 0 Å². The number of carbonyl (C=O) groups is 2. The molecule has 5 N–H and O–H groups in total. The van der Waals surface area contributed by atoms with Gasteiger partial charge in [-0.3, -0.25) is 18.8 Å². The molecule has 1 aliphatic rings. The fourth-order valence-corrected chi connectivity index (χ4v) is 6.91. The van der Waals surface area contributed by atoms with Gasteiger partial charge in [0.1, 0.15) is 11.5 Å². The predicted octanol–water partition coefficient (Wildman–Crippen LogP) is 4.50. The lowest BCUT2D eigenvalue weighted by molar-refractivity contribution is -0.122. The zero-order chi connectivity index (χ0) is 37.6. The minimum Gasteiger partial charge on any atom is -0.481 e. The van der Waals surface area contributed by atoms with Crippen LogP contribution in [0.2, 0.25) is 10.0 Å². The van der Waals surface area contributed by atoms with E-state index < -0.39 is 11.9 Å². The van der Waals surface area contributed by atoms with Crippen LogP contribution in [0, 0.1) is 5.82 Å². The molecule has 4 heterocycles. The van der Waals surface area contributed by atoms with E-state index in [0.717, 1.165) is 6.42 Å². The maximum atomic E-state index is 15.6. The van der Waals surface area contributed by atoms with Crippen LogP contribution in [-0.2, 0) is 22.7 Å². The molecule has 1 saturated heterocycles. The van der Waals surface area contributed by atoms with Gasteiger partial charge in [0.2, 0.25) is 17.7 Å². The van der Waals surface area contributed by atoms with Gasteiger partial charge < -0.3 is 31.1 Å². The summed E-state index contributed by atoms with van der Waals surface area (Å²) in [5, 5.41) is 22.3. The van der Waals surface area contributed by atoms with Gasteiger partial charge in [0.05, 0.1) is 40.9 Å². The Morgan fingerprint density at radius 2 is 1.77 bits per heavy atom. The van der Waals surface area contributed by atoms with Crippen LogP contribution in [0.1, 0.15) is 30.4 Å². The molecular formula is C38H38Cl2FN7O5. The Labute approximate surface area is 314 Å². The molecule has 1 fully saturated rings. The number of amides is 2. The number of hydrogen-bond donors (Lipinski definition) is 5. The predicted molar refractivity (Wildman–Crippen MR) is 201 cm³/mol. The fourth-order valence-electron chi connectivity index (χ4n) is 6.25. The van der Waals surface area contributed by atoms with E-state index in [9.17, 15) is 19.5 Å². The zero-order valence-corrected chi connectivity index (χ0v) is 30.5. The first-order valence-electron chi connectivity index (χ1n) is 17.0. The van der Waals surface area contributed by atoms with Crippen molar-refractivity contribution in [3.8, 4) is 39.4 Å². The average molecular weight is 763 g/mol. The molecule has 2 amide bonds. The van der Waals surface area contributed by atoms with Crippen molar-refractivity contribution in [3.05, 3.63) is 104 Å². The van der Waals surface area contributed by atoms with Crippen LogP contribution < -0.4 is 31.6 Å². The van der Waals surface area contributed by atoms with Crippen LogP contribution in [0.4, 0.5) is 4.39 Å². The minimum absolute atomic E-state index is 0.00391. The van der Waals surface area contributed by atoms with E-state index >= 15 is 4.39 Å². The summed E-state index contributed by atoms with van der Waals surface area (Å²) in [4.78, 5) is 45.3. The second-order valence-electron chi connectivity index (χ2n) is 12.6. The highest BCUT2D eigenvalue weighted by molar-refractivity contribution is 6.39. The SMILES string of the molecule is CNC(=O)C[C@@H](O)CNCc1cnc2cc(-c3cccc(-c4cccc(-c5cc(F)c(CNC[C@@H]6CCC(=O)N6)c(OC)n5)c4Cl)c3Cl)ccn2c1=O. The molecule has 12 nitrogen and oxygen atoms in total. The van der Waals surface area contributed by atoms with Crippen molar-refractivity contribution < 1.29 is 23.8 Å². The second kappa shape index (κ2) is 16.8. The Morgan fingerprint density at radius 3 is 2.47 bits per heavy atom. The summed E-state index contributed by atoms with van der Waals surface area (Å²) < 4.78 is 22.5. The number of benzene rings is 2. The Kier molecular flexibility index (Phi) is 12.0. The van der Waals surface area contributed by atoms with Crippen LogP contribution in [-0.4, -0.2) is 70.7 Å². The maximum Gasteiger partial charge on any atom is 0.262 e. The molecule has 0 saturated carbocycles. The van der Waals surface area contributed by atoms with E-state index in [1.165, 1.54) is 30.8 Å². The zero-order valence-electron chi connectivity index (χ0n) is 29.0. The van der Waals surface area contributed by atoms with Gasteiger partial charge in [0, 0.05) is 92.0 Å². The highest BCUT2D eigenvalue weighted by Crippen LogP contribution is 2.42. The normalized spacial score (nSPS) is 14.7. The van der Waals surface area contributed by atoms with E-state index in [1.54, 1.807) is 30.5 Å². The van der Waals surface area contributed by atoms with Crippen LogP contribution in [0.25, 0.3) is 39.2 Å². The second-order valence-corrected chi connectivity index (χ2v) is 13.4. The van der Waals surface area contributed by atoms with E-state index in [0.29, 0.717) is 62.0 Å². The number of fused-ring (bicyclic) bond motifs is 1. The molecule has 0 aliphatic carbocycles. The quantitative estimate of drug-likeness (QED) is 0.110. The molecule has 0 radical (unpaired) electrons. The maximum absolute atomic E-state index is 15.6. The molecule has 53 heavy (non-hydrogen) atoms. The Bertz CT molecular complexity index is 2230. The lowest BCUT2D eigenvalue weighted by Crippen LogP contribution is -2.35. The first-order valence-corrected chi connectivity index (χ1v) is 17.7. The van der Waals surface area contributed by atoms with Gasteiger partial charge in [-0.25, -0.2) is 14.4 Å². The largest absolute Gasteiger partial charge is 0.481 e. The Hall–Kier alpha value is -4.92. The van der Waals surface area contributed by atoms with Crippen LogP contribution in [0.5, 0.6) is 5.88 Å². The van der Waals surface area contributed by atoms with Crippen molar-refractivity contribution in [1.29, 1.82) is 0 Å². The number of nitrogens with one attached hydrogen (secondary N) is 4. The number of carbonyl (C=O) groups excluding carboxylic acids is 2. The minimum atomic E-state index is -0.894. The Morgan fingerprint density at radius 1 is 1.06 bits per heavy atom. The summed E-state index contributed by atoms with van der Waals surface area (Å²) in [7, 11) is 2.93. The van der Waals surface area contributed by atoms with Crippen LogP contribution in [0.15, 0.2) is 71.8 Å². The molecule has 2 atom stereocenters. The van der Waals surface area contributed by atoms with Crippen LogP contribution >= 0.6 is 23.2 Å². The third kappa shape index (κ3) is 8.50. The van der Waals surface area contributed by atoms with Crippen molar-refractivity contribution in [3.63, 3.8) is 0 Å². The summed E-state index contributed by atoms with van der Waals surface area (Å²) in [5.74, 6) is -0.660. The molecule has 15 heteroatoms. The van der Waals surface area contributed by atoms with Gasteiger partial charge in [-0.2, -0.15) is 0 Å². The van der Waals surface area contributed by atoms with Gasteiger partial charge in [-0.15, -0.1) is 0 Å². The highest BCUT2D eigenvalue weighted by atomic mass is 35.5. The van der Waals surface area contributed by atoms with E-state index in [4.69, 9.17) is 27.9 Å². The van der Waals surface area contributed by atoms with Gasteiger partial charge in [0.15, 0.2) is 0 Å². The van der Waals surface area contributed by atoms with Gasteiger partial charge in [0.25, 0.3) is 5.56 Å². The first-order chi connectivity index (χ1) is 25.6. The third-order valence-electron chi connectivity index (χ3n) is 9.05. The van der Waals surface area contributed by atoms with Gasteiger partial charge in [-0.1, -0.05) is 59.6 Å². The number of aliphatic hydroxyl groups is 1. The standard InChI is InChI=1S/C38H38Cl2FN7O5/c1-42-34(51)14-24(49)19-43-16-22-17-45-32-13-21(11-12-48(32)38(22)52)25-5-3-6-26(35(25)39)27-7-4-8-28(36(27)40)31-15-30(41)29(37(47-31)53-2)20-44-18-23-9-10-33(50)46-23/h3-8,11-13,15,17,23-24,43-44,49H,9-10,14,16,18-20H2,1-2H3,(H,42,51)(H,46,50)/t23-,24+/m0/s1. The average Bonchev–Trinajstić information content (AvgIpc) is 3.57. The molecule has 2 aromatic carbocycles. The summed E-state index contributed by atoms with van der Waals surface area (Å²) in [6.07, 6.45) is 3.37. The van der Waals surface area contributed by atoms with E-state index in [1.807, 2.05) is 24.3 Å². The fraction of sp³-hybridized carbons (Fsp3) is 0.289. The molecule has 5 aromatic rings. The summed E-state index contributed by atoms with van der Waals surface area (Å²) in [6, 6.07) is 15.7. The summed E-state index contributed by atoms with van der Waals surface area (Å²) in [6.45, 7) is 0.945. The summed E-state index contributed by atoms with van der Waals surface area (Å²) >= 11 is 14.1. The molecule has 0 spiro atoms. The number of methoxy groups -OCH3 is 1. The monoisotopic (exact) mass is 761 g/mol. The topological polar surface area (TPSA) is 159 Å². The molecule has 3 aromatic heterocycles. The highest BCUT2D eigenvalue weighted by Gasteiger charge is 2.22. The van der Waals surface area contributed by atoms with Crippen molar-refractivity contribution in [2.45, 2.75) is 44.5 Å². The lowest BCUT2D eigenvalue weighted by atomic mass is 9.97. The number of pyridine rings is 2.